The molecule has 22 heavy (non-hydrogen) atoms. The molecule has 0 aromatic heterocycles. The van der Waals surface area contributed by atoms with E-state index >= 15 is 0 Å². The number of rotatable bonds is 8. The summed E-state index contributed by atoms with van der Waals surface area (Å²) in [4.78, 5) is 11.6. The summed E-state index contributed by atoms with van der Waals surface area (Å²) in [5.41, 5.74) is 0.983. The van der Waals surface area contributed by atoms with E-state index in [4.69, 9.17) is 9.47 Å². The molecule has 4 nitrogen and oxygen atoms in total. The Kier molecular flexibility index (Phi) is 6.45. The van der Waals surface area contributed by atoms with Gasteiger partial charge >= 0.3 is 5.97 Å². The molecule has 0 bridgehead atoms. The van der Waals surface area contributed by atoms with Crippen LogP contribution in [-0.2, 0) is 16.1 Å². The third-order valence-electron chi connectivity index (χ3n) is 3.02. The second-order valence-corrected chi connectivity index (χ2v) is 5.02. The van der Waals surface area contributed by atoms with Gasteiger partial charge in [-0.25, -0.2) is 0 Å². The zero-order valence-electron chi connectivity index (χ0n) is 12.7. The molecule has 0 saturated carbocycles. The van der Waals surface area contributed by atoms with E-state index in [1.54, 1.807) is 0 Å². The summed E-state index contributed by atoms with van der Waals surface area (Å²) in [6.45, 7) is 3.01. The highest BCUT2D eigenvalue weighted by Crippen LogP contribution is 2.10. The lowest BCUT2D eigenvalue weighted by Gasteiger charge is -2.15. The molecule has 0 aliphatic rings. The molecule has 2 aromatic carbocycles. The number of carbonyl (C=O) groups excluding carboxylic acids is 1. The van der Waals surface area contributed by atoms with Crippen LogP contribution in [0.2, 0.25) is 0 Å². The van der Waals surface area contributed by atoms with Gasteiger partial charge in [0.25, 0.3) is 0 Å². The first-order valence-corrected chi connectivity index (χ1v) is 7.36. The van der Waals surface area contributed by atoms with Crippen molar-refractivity contribution in [3.05, 3.63) is 66.2 Å². The van der Waals surface area contributed by atoms with Crippen molar-refractivity contribution in [2.75, 3.05) is 13.1 Å². The van der Waals surface area contributed by atoms with Crippen LogP contribution >= 0.6 is 0 Å². The molecule has 0 saturated heterocycles. The molecule has 2 aromatic rings. The quantitative estimate of drug-likeness (QED) is 0.761. The van der Waals surface area contributed by atoms with Crippen LogP contribution < -0.4 is 10.1 Å². The summed E-state index contributed by atoms with van der Waals surface area (Å²) in [7, 11) is 0. The van der Waals surface area contributed by atoms with E-state index in [1.165, 1.54) is 0 Å². The molecule has 0 fully saturated rings. The van der Waals surface area contributed by atoms with Gasteiger partial charge in [-0.3, -0.25) is 4.79 Å². The number of hydrogen-bond donors (Lipinski definition) is 1. The Morgan fingerprint density at radius 1 is 1.05 bits per heavy atom. The van der Waals surface area contributed by atoms with Crippen molar-refractivity contribution in [2.24, 2.45) is 0 Å². The number of esters is 1. The minimum atomic E-state index is -0.268. The van der Waals surface area contributed by atoms with Gasteiger partial charge in [0.2, 0.25) is 0 Å². The highest BCUT2D eigenvalue weighted by Gasteiger charge is 2.06. The maximum absolute atomic E-state index is 11.6. The molecule has 0 heterocycles. The smallest absolute Gasteiger partial charge is 0.320 e. The minimum Gasteiger partial charge on any atom is -0.489 e. The molecule has 0 spiro atoms. The maximum atomic E-state index is 11.6. The highest BCUT2D eigenvalue weighted by molar-refractivity contribution is 5.71. The summed E-state index contributed by atoms with van der Waals surface area (Å²) in [5, 5.41) is 3.04. The topological polar surface area (TPSA) is 47.6 Å². The zero-order valence-corrected chi connectivity index (χ0v) is 12.7. The lowest BCUT2D eigenvalue weighted by Crippen LogP contribution is -2.33. The van der Waals surface area contributed by atoms with E-state index in [0.717, 1.165) is 11.3 Å². The number of carbonyl (C=O) groups is 1. The second kappa shape index (κ2) is 8.85. The van der Waals surface area contributed by atoms with Crippen molar-refractivity contribution in [1.29, 1.82) is 0 Å². The van der Waals surface area contributed by atoms with Crippen LogP contribution in [0.5, 0.6) is 5.75 Å². The van der Waals surface area contributed by atoms with Crippen LogP contribution in [0.1, 0.15) is 12.5 Å². The predicted molar refractivity (Wildman–Crippen MR) is 85.6 cm³/mol. The summed E-state index contributed by atoms with van der Waals surface area (Å²) >= 11 is 0. The molecule has 1 N–H and O–H groups in total. The molecule has 2 rings (SSSR count). The molecular formula is C18H21NO3. The van der Waals surface area contributed by atoms with Crippen molar-refractivity contribution in [2.45, 2.75) is 19.6 Å². The molecular weight excluding hydrogens is 278 g/mol. The van der Waals surface area contributed by atoms with Gasteiger partial charge in [-0.15, -0.1) is 0 Å². The lowest BCUT2D eigenvalue weighted by atomic mass is 10.2. The van der Waals surface area contributed by atoms with Crippen LogP contribution in [0, 0.1) is 0 Å². The highest BCUT2D eigenvalue weighted by atomic mass is 16.5. The molecule has 0 aliphatic heterocycles. The molecule has 0 amide bonds. The average Bonchev–Trinajstić information content (AvgIpc) is 2.55. The van der Waals surface area contributed by atoms with Crippen molar-refractivity contribution in [3.8, 4) is 5.75 Å². The number of ether oxygens (including phenoxy) is 2. The van der Waals surface area contributed by atoms with Crippen molar-refractivity contribution < 1.29 is 14.3 Å². The van der Waals surface area contributed by atoms with E-state index in [2.05, 4.69) is 5.32 Å². The van der Waals surface area contributed by atoms with Crippen molar-refractivity contribution >= 4 is 5.97 Å². The van der Waals surface area contributed by atoms with E-state index in [0.29, 0.717) is 13.2 Å². The van der Waals surface area contributed by atoms with Gasteiger partial charge in [0.1, 0.15) is 18.5 Å². The first-order valence-electron chi connectivity index (χ1n) is 7.36. The molecule has 1 atom stereocenters. The van der Waals surface area contributed by atoms with Gasteiger partial charge in [0.15, 0.2) is 0 Å². The lowest BCUT2D eigenvalue weighted by molar-refractivity contribution is -0.143. The fourth-order valence-electron chi connectivity index (χ4n) is 1.94. The van der Waals surface area contributed by atoms with Gasteiger partial charge in [0.05, 0.1) is 6.54 Å². The van der Waals surface area contributed by atoms with E-state index in [1.807, 2.05) is 67.6 Å². The monoisotopic (exact) mass is 299 g/mol. The first kappa shape index (κ1) is 16.0. The Labute approximate surface area is 131 Å². The van der Waals surface area contributed by atoms with Crippen molar-refractivity contribution in [3.63, 3.8) is 0 Å². The fourth-order valence-corrected chi connectivity index (χ4v) is 1.94. The summed E-state index contributed by atoms with van der Waals surface area (Å²) in [6, 6.07) is 19.2. The molecule has 0 radical (unpaired) electrons. The number of nitrogens with one attached hydrogen (secondary N) is 1. The Morgan fingerprint density at radius 3 is 2.36 bits per heavy atom. The average molecular weight is 299 g/mol. The van der Waals surface area contributed by atoms with Gasteiger partial charge in [0, 0.05) is 6.54 Å². The SMILES string of the molecule is CC(CNCC(=O)OCc1ccccc1)Oc1ccccc1. The van der Waals surface area contributed by atoms with Gasteiger partial charge < -0.3 is 14.8 Å². The van der Waals surface area contributed by atoms with E-state index in [-0.39, 0.29) is 18.6 Å². The van der Waals surface area contributed by atoms with Crippen LogP contribution in [0.15, 0.2) is 60.7 Å². The van der Waals surface area contributed by atoms with Crippen molar-refractivity contribution in [1.82, 2.24) is 5.32 Å². The Morgan fingerprint density at radius 2 is 1.68 bits per heavy atom. The van der Waals surface area contributed by atoms with Gasteiger partial charge in [-0.1, -0.05) is 48.5 Å². The first-order chi connectivity index (χ1) is 10.7. The Balaban J connectivity index is 1.60. The Bertz CT molecular complexity index is 557. The Hall–Kier alpha value is -2.33. The van der Waals surface area contributed by atoms with Gasteiger partial charge in [-0.05, 0) is 24.6 Å². The van der Waals surface area contributed by atoms with Gasteiger partial charge in [-0.2, -0.15) is 0 Å². The van der Waals surface area contributed by atoms with Crippen LogP contribution in [0.3, 0.4) is 0 Å². The largest absolute Gasteiger partial charge is 0.489 e. The summed E-state index contributed by atoms with van der Waals surface area (Å²) < 4.78 is 10.9. The zero-order chi connectivity index (χ0) is 15.6. The van der Waals surface area contributed by atoms with Crippen LogP contribution in [0.4, 0.5) is 0 Å². The maximum Gasteiger partial charge on any atom is 0.320 e. The molecule has 4 heteroatoms. The van der Waals surface area contributed by atoms with E-state index in [9.17, 15) is 4.79 Å². The van der Waals surface area contributed by atoms with Crippen LogP contribution in [-0.4, -0.2) is 25.2 Å². The molecule has 0 aliphatic carbocycles. The number of hydrogen-bond acceptors (Lipinski definition) is 4. The standard InChI is InChI=1S/C18H21NO3/c1-15(22-17-10-6-3-7-11-17)12-19-13-18(20)21-14-16-8-4-2-5-9-16/h2-11,15,19H,12-14H2,1H3. The summed E-state index contributed by atoms with van der Waals surface area (Å²) in [6.07, 6.45) is -0.0238. The molecule has 1 unspecified atom stereocenters. The third-order valence-corrected chi connectivity index (χ3v) is 3.02. The fraction of sp³-hybridized carbons (Fsp3) is 0.278. The number of para-hydroxylation sites is 1. The third kappa shape index (κ3) is 5.97. The number of benzene rings is 2. The molecule has 116 valence electrons. The normalized spacial score (nSPS) is 11.7. The predicted octanol–water partition coefficient (Wildman–Crippen LogP) is 2.79. The second-order valence-electron chi connectivity index (χ2n) is 5.02. The minimum absolute atomic E-state index is 0.0238. The summed E-state index contributed by atoms with van der Waals surface area (Å²) in [5.74, 6) is 0.555. The van der Waals surface area contributed by atoms with Crippen LogP contribution in [0.25, 0.3) is 0 Å². The van der Waals surface area contributed by atoms with E-state index < -0.39 is 0 Å².